The predicted molar refractivity (Wildman–Crippen MR) is 85.7 cm³/mol. The lowest BCUT2D eigenvalue weighted by molar-refractivity contribution is 0.0461. The van der Waals surface area contributed by atoms with Crippen LogP contribution in [0.3, 0.4) is 0 Å². The van der Waals surface area contributed by atoms with Crippen molar-refractivity contribution in [3.63, 3.8) is 0 Å². The van der Waals surface area contributed by atoms with E-state index in [9.17, 15) is 4.79 Å². The minimum atomic E-state index is -0.789. The zero-order valence-corrected chi connectivity index (χ0v) is 13.4. The largest absolute Gasteiger partial charge is 0.443 e. The van der Waals surface area contributed by atoms with E-state index in [1.54, 1.807) is 19.9 Å². The zero-order valence-electron chi connectivity index (χ0n) is 12.6. The molecule has 0 aromatic heterocycles. The number of nitrogen functional groups attached to an aromatic ring is 1. The van der Waals surface area contributed by atoms with Crippen LogP contribution in [0.4, 0.5) is 16.2 Å². The number of rotatable bonds is 5. The Kier molecular flexibility index (Phi) is 4.23. The minimum absolute atomic E-state index is 0.477. The van der Waals surface area contributed by atoms with Crippen molar-refractivity contribution in [2.45, 2.75) is 44.8 Å². The van der Waals surface area contributed by atoms with Gasteiger partial charge in [0.1, 0.15) is 5.60 Å². The fourth-order valence-electron chi connectivity index (χ4n) is 2.47. The zero-order chi connectivity index (χ0) is 15.8. The SMILES string of the molecule is CN(c1cc(CC(C)(C)OC(N)=O)c(N)cc1Cl)C1CC1. The number of halogens is 1. The Hall–Kier alpha value is -1.62. The minimum Gasteiger partial charge on any atom is -0.443 e. The molecule has 0 bridgehead atoms. The maximum absolute atomic E-state index is 11.0. The second-order valence-electron chi connectivity index (χ2n) is 6.20. The molecule has 1 saturated carbocycles. The van der Waals surface area contributed by atoms with E-state index in [1.807, 2.05) is 13.1 Å². The molecule has 21 heavy (non-hydrogen) atoms. The van der Waals surface area contributed by atoms with Crippen LogP contribution in [0.15, 0.2) is 12.1 Å². The van der Waals surface area contributed by atoms with E-state index in [0.717, 1.165) is 11.3 Å². The predicted octanol–water partition coefficient (Wildman–Crippen LogP) is 2.94. The molecular weight excluding hydrogens is 290 g/mol. The number of nitrogens with zero attached hydrogens (tertiary/aromatic N) is 1. The Balaban J connectivity index is 2.26. The molecule has 0 atom stereocenters. The number of hydrogen-bond acceptors (Lipinski definition) is 4. The molecule has 1 aromatic rings. The van der Waals surface area contributed by atoms with E-state index in [0.29, 0.717) is 23.2 Å². The molecule has 0 saturated heterocycles. The maximum atomic E-state index is 11.0. The Morgan fingerprint density at radius 2 is 2.10 bits per heavy atom. The Morgan fingerprint density at radius 1 is 1.48 bits per heavy atom. The van der Waals surface area contributed by atoms with Gasteiger partial charge < -0.3 is 21.1 Å². The third-order valence-corrected chi connectivity index (χ3v) is 3.98. The van der Waals surface area contributed by atoms with E-state index >= 15 is 0 Å². The first-order chi connectivity index (χ1) is 9.69. The molecule has 1 aliphatic carbocycles. The smallest absolute Gasteiger partial charge is 0.405 e. The average molecular weight is 312 g/mol. The van der Waals surface area contributed by atoms with Gasteiger partial charge in [-0.1, -0.05) is 11.6 Å². The van der Waals surface area contributed by atoms with Crippen molar-refractivity contribution in [3.8, 4) is 0 Å². The Morgan fingerprint density at radius 3 is 2.62 bits per heavy atom. The molecule has 1 fully saturated rings. The van der Waals surface area contributed by atoms with Crippen LogP contribution in [0.5, 0.6) is 0 Å². The molecular formula is C15H22ClN3O2. The quantitative estimate of drug-likeness (QED) is 0.819. The van der Waals surface area contributed by atoms with E-state index in [1.165, 1.54) is 12.8 Å². The van der Waals surface area contributed by atoms with Crippen LogP contribution in [-0.4, -0.2) is 24.8 Å². The second-order valence-corrected chi connectivity index (χ2v) is 6.61. The lowest BCUT2D eigenvalue weighted by atomic mass is 9.96. The van der Waals surface area contributed by atoms with Crippen molar-refractivity contribution in [2.24, 2.45) is 5.73 Å². The highest BCUT2D eigenvalue weighted by atomic mass is 35.5. The second kappa shape index (κ2) is 5.64. The van der Waals surface area contributed by atoms with E-state index in [2.05, 4.69) is 4.90 Å². The highest BCUT2D eigenvalue weighted by Crippen LogP contribution is 2.37. The number of carbonyl (C=O) groups is 1. The van der Waals surface area contributed by atoms with Crippen LogP contribution >= 0.6 is 11.6 Å². The molecule has 1 aliphatic rings. The maximum Gasteiger partial charge on any atom is 0.405 e. The van der Waals surface area contributed by atoms with Crippen LogP contribution in [0, 0.1) is 0 Å². The summed E-state index contributed by atoms with van der Waals surface area (Å²) in [6, 6.07) is 4.28. The van der Waals surface area contributed by atoms with Crippen molar-refractivity contribution in [1.82, 2.24) is 0 Å². The van der Waals surface area contributed by atoms with Crippen LogP contribution in [-0.2, 0) is 11.2 Å². The summed E-state index contributed by atoms with van der Waals surface area (Å²) >= 11 is 6.30. The highest BCUT2D eigenvalue weighted by molar-refractivity contribution is 6.33. The number of nitrogens with two attached hydrogens (primary N) is 2. The van der Waals surface area contributed by atoms with Crippen LogP contribution in [0.1, 0.15) is 32.3 Å². The van der Waals surface area contributed by atoms with Crippen LogP contribution in [0.2, 0.25) is 5.02 Å². The lowest BCUT2D eigenvalue weighted by Gasteiger charge is -2.27. The summed E-state index contributed by atoms with van der Waals surface area (Å²) in [5.41, 5.74) is 12.9. The van der Waals surface area contributed by atoms with Gasteiger partial charge in [0.15, 0.2) is 0 Å². The summed E-state index contributed by atoms with van der Waals surface area (Å²) in [6.45, 7) is 3.60. The van der Waals surface area contributed by atoms with Crippen molar-refractivity contribution in [3.05, 3.63) is 22.7 Å². The molecule has 0 spiro atoms. The van der Waals surface area contributed by atoms with Crippen molar-refractivity contribution in [1.29, 1.82) is 0 Å². The molecule has 116 valence electrons. The van der Waals surface area contributed by atoms with Crippen molar-refractivity contribution in [2.75, 3.05) is 17.7 Å². The summed E-state index contributed by atoms with van der Waals surface area (Å²) in [6.07, 6.45) is 2.05. The highest BCUT2D eigenvalue weighted by Gasteiger charge is 2.29. The van der Waals surface area contributed by atoms with Gasteiger partial charge in [-0.2, -0.15) is 0 Å². The number of anilines is 2. The van der Waals surface area contributed by atoms with E-state index < -0.39 is 11.7 Å². The first kappa shape index (κ1) is 15.8. The van der Waals surface area contributed by atoms with Gasteiger partial charge in [0.2, 0.25) is 0 Å². The van der Waals surface area contributed by atoms with E-state index in [4.69, 9.17) is 27.8 Å². The van der Waals surface area contributed by atoms with E-state index in [-0.39, 0.29) is 0 Å². The summed E-state index contributed by atoms with van der Waals surface area (Å²) < 4.78 is 5.12. The van der Waals surface area contributed by atoms with Crippen LogP contribution < -0.4 is 16.4 Å². The standard InChI is InChI=1S/C15H22ClN3O2/c1-15(2,21-14(18)20)8-9-6-13(11(16)7-12(9)17)19(3)10-4-5-10/h6-7,10H,4-5,8,17H2,1-3H3,(H2,18,20). The normalized spacial score (nSPS) is 14.9. The van der Waals surface area contributed by atoms with Gasteiger partial charge in [-0.3, -0.25) is 0 Å². The molecule has 0 aliphatic heterocycles. The number of carbonyl (C=O) groups excluding carboxylic acids is 1. The Labute approximate surface area is 130 Å². The molecule has 1 amide bonds. The van der Waals surface area contributed by atoms with Gasteiger partial charge in [-0.25, -0.2) is 4.79 Å². The van der Waals surface area contributed by atoms with Gasteiger partial charge in [0, 0.05) is 25.2 Å². The molecule has 0 unspecified atom stereocenters. The first-order valence-corrected chi connectivity index (χ1v) is 7.36. The summed E-state index contributed by atoms with van der Waals surface area (Å²) in [4.78, 5) is 13.1. The number of ether oxygens (including phenoxy) is 1. The molecule has 1 aromatic carbocycles. The molecule has 2 rings (SSSR count). The first-order valence-electron chi connectivity index (χ1n) is 6.99. The third-order valence-electron chi connectivity index (χ3n) is 3.68. The average Bonchev–Trinajstić information content (AvgIpc) is 3.13. The number of amides is 1. The summed E-state index contributed by atoms with van der Waals surface area (Å²) in [5, 5.41) is 0.638. The molecule has 4 N–H and O–H groups in total. The summed E-state index contributed by atoms with van der Waals surface area (Å²) in [5.74, 6) is 0. The van der Waals surface area contributed by atoms with Gasteiger partial charge in [0.25, 0.3) is 0 Å². The topological polar surface area (TPSA) is 81.6 Å². The lowest BCUT2D eigenvalue weighted by Crippen LogP contribution is -2.33. The van der Waals surface area contributed by atoms with Gasteiger partial charge >= 0.3 is 6.09 Å². The number of primary amides is 1. The van der Waals surface area contributed by atoms with Crippen molar-refractivity contribution >= 4 is 29.1 Å². The molecule has 5 nitrogen and oxygen atoms in total. The number of hydrogen-bond donors (Lipinski definition) is 2. The fourth-order valence-corrected chi connectivity index (χ4v) is 2.77. The number of benzene rings is 1. The van der Waals surface area contributed by atoms with Gasteiger partial charge in [-0.15, -0.1) is 0 Å². The molecule has 0 heterocycles. The molecule has 0 radical (unpaired) electrons. The Bertz CT molecular complexity index is 556. The monoisotopic (exact) mass is 311 g/mol. The summed E-state index contributed by atoms with van der Waals surface area (Å²) in [7, 11) is 2.03. The van der Waals surface area contributed by atoms with Gasteiger partial charge in [-0.05, 0) is 44.4 Å². The third kappa shape index (κ3) is 3.94. The fraction of sp³-hybridized carbons (Fsp3) is 0.533. The molecule has 6 heteroatoms. The van der Waals surface area contributed by atoms with Crippen LogP contribution in [0.25, 0.3) is 0 Å². The van der Waals surface area contributed by atoms with Gasteiger partial charge in [0.05, 0.1) is 10.7 Å². The van der Waals surface area contributed by atoms with Crippen molar-refractivity contribution < 1.29 is 9.53 Å².